The van der Waals surface area contributed by atoms with Crippen molar-refractivity contribution in [3.63, 3.8) is 0 Å². The van der Waals surface area contributed by atoms with Crippen molar-refractivity contribution in [2.45, 2.75) is 13.8 Å². The number of anilines is 4. The SMILES string of the molecule is CCOC(=O)c1nc(-c2ccc(NC(=O)Nc3ccc(N4CCN(S(C)(=O)=O)CC4)cc3)cc2)nc(N2CCOCC2)c1OCC. The lowest BCUT2D eigenvalue weighted by atomic mass is 10.1. The fourth-order valence-corrected chi connectivity index (χ4v) is 6.03. The number of benzene rings is 2. The molecule has 2 aliphatic rings. The van der Waals surface area contributed by atoms with Gasteiger partial charge in [0.1, 0.15) is 0 Å². The summed E-state index contributed by atoms with van der Waals surface area (Å²) in [7, 11) is -3.19. The molecular formula is C31H39N7O7S. The van der Waals surface area contributed by atoms with Gasteiger partial charge in [0.15, 0.2) is 23.1 Å². The topological polar surface area (TPSA) is 156 Å². The molecule has 3 heterocycles. The fourth-order valence-electron chi connectivity index (χ4n) is 5.20. The summed E-state index contributed by atoms with van der Waals surface area (Å²) in [6.07, 6.45) is 1.23. The lowest BCUT2D eigenvalue weighted by molar-refractivity contribution is 0.0514. The van der Waals surface area contributed by atoms with Gasteiger partial charge in [-0.2, -0.15) is 4.31 Å². The van der Waals surface area contributed by atoms with Crippen molar-refractivity contribution in [2.75, 3.05) is 92.4 Å². The van der Waals surface area contributed by atoms with Crippen LogP contribution in [0.1, 0.15) is 24.3 Å². The van der Waals surface area contributed by atoms with Crippen LogP contribution in [-0.2, 0) is 19.5 Å². The van der Waals surface area contributed by atoms with Crippen molar-refractivity contribution >= 4 is 44.9 Å². The van der Waals surface area contributed by atoms with E-state index in [-0.39, 0.29) is 18.1 Å². The van der Waals surface area contributed by atoms with E-state index in [0.717, 1.165) is 5.69 Å². The molecule has 0 bridgehead atoms. The maximum absolute atomic E-state index is 12.9. The predicted molar refractivity (Wildman–Crippen MR) is 175 cm³/mol. The summed E-state index contributed by atoms with van der Waals surface area (Å²) < 4.78 is 41.7. The third-order valence-corrected chi connectivity index (χ3v) is 8.82. The van der Waals surface area contributed by atoms with Crippen LogP contribution in [0.25, 0.3) is 11.4 Å². The normalized spacial score (nSPS) is 15.7. The number of urea groups is 1. The Morgan fingerprint density at radius 3 is 2.00 bits per heavy atom. The van der Waals surface area contributed by atoms with Gasteiger partial charge in [0.25, 0.3) is 0 Å². The molecule has 246 valence electrons. The Labute approximate surface area is 268 Å². The van der Waals surface area contributed by atoms with Crippen LogP contribution in [-0.4, -0.2) is 107 Å². The van der Waals surface area contributed by atoms with Gasteiger partial charge in [0, 0.05) is 61.9 Å². The zero-order valence-electron chi connectivity index (χ0n) is 26.2. The number of sulfonamides is 1. The number of aromatic nitrogens is 2. The number of morpholine rings is 1. The highest BCUT2D eigenvalue weighted by Crippen LogP contribution is 2.33. The van der Waals surface area contributed by atoms with Gasteiger partial charge in [-0.1, -0.05) is 0 Å². The highest BCUT2D eigenvalue weighted by molar-refractivity contribution is 7.88. The number of carbonyl (C=O) groups is 2. The highest BCUT2D eigenvalue weighted by Gasteiger charge is 2.28. The first-order chi connectivity index (χ1) is 22.2. The van der Waals surface area contributed by atoms with E-state index < -0.39 is 22.0 Å². The molecule has 2 aromatic carbocycles. The van der Waals surface area contributed by atoms with E-state index in [9.17, 15) is 18.0 Å². The van der Waals surface area contributed by atoms with Crippen molar-refractivity contribution in [3.8, 4) is 17.1 Å². The fraction of sp³-hybridized carbons (Fsp3) is 0.419. The molecule has 5 rings (SSSR count). The molecule has 0 atom stereocenters. The largest absolute Gasteiger partial charge is 0.488 e. The second-order valence-electron chi connectivity index (χ2n) is 10.7. The first-order valence-corrected chi connectivity index (χ1v) is 17.0. The van der Waals surface area contributed by atoms with E-state index >= 15 is 0 Å². The van der Waals surface area contributed by atoms with Gasteiger partial charge in [0.2, 0.25) is 10.0 Å². The predicted octanol–water partition coefficient (Wildman–Crippen LogP) is 3.28. The maximum Gasteiger partial charge on any atom is 0.361 e. The summed E-state index contributed by atoms with van der Waals surface area (Å²) in [6, 6.07) is 14.0. The zero-order chi connectivity index (χ0) is 32.7. The molecule has 0 aliphatic carbocycles. The Balaban J connectivity index is 1.26. The molecular weight excluding hydrogens is 614 g/mol. The van der Waals surface area contributed by atoms with Gasteiger partial charge in [-0.05, 0) is 62.4 Å². The van der Waals surface area contributed by atoms with Crippen molar-refractivity contribution in [1.29, 1.82) is 0 Å². The number of ether oxygens (including phenoxy) is 3. The third-order valence-electron chi connectivity index (χ3n) is 7.51. The number of amides is 2. The van der Waals surface area contributed by atoms with E-state index in [1.807, 2.05) is 24.0 Å². The van der Waals surface area contributed by atoms with Crippen LogP contribution in [0.5, 0.6) is 5.75 Å². The number of piperazine rings is 1. The lowest BCUT2D eigenvalue weighted by Gasteiger charge is -2.34. The Morgan fingerprint density at radius 2 is 1.43 bits per heavy atom. The molecule has 2 fully saturated rings. The molecule has 0 unspecified atom stereocenters. The summed E-state index contributed by atoms with van der Waals surface area (Å²) >= 11 is 0. The van der Waals surface area contributed by atoms with Crippen molar-refractivity contribution in [2.24, 2.45) is 0 Å². The minimum atomic E-state index is -3.19. The van der Waals surface area contributed by atoms with Crippen LogP contribution in [0.3, 0.4) is 0 Å². The molecule has 15 heteroatoms. The summed E-state index contributed by atoms with van der Waals surface area (Å²) in [6.45, 7) is 8.35. The molecule has 14 nitrogen and oxygen atoms in total. The molecule has 1 aromatic heterocycles. The molecule has 2 saturated heterocycles. The molecule has 2 amide bonds. The summed E-state index contributed by atoms with van der Waals surface area (Å²) in [5, 5.41) is 5.65. The van der Waals surface area contributed by atoms with Crippen LogP contribution in [0.15, 0.2) is 48.5 Å². The van der Waals surface area contributed by atoms with Crippen molar-refractivity contribution in [3.05, 3.63) is 54.2 Å². The van der Waals surface area contributed by atoms with Crippen LogP contribution >= 0.6 is 0 Å². The number of nitrogens with one attached hydrogen (secondary N) is 2. The Kier molecular flexibility index (Phi) is 10.6. The first-order valence-electron chi connectivity index (χ1n) is 15.2. The van der Waals surface area contributed by atoms with E-state index in [1.54, 1.807) is 43.3 Å². The molecule has 3 aromatic rings. The van der Waals surface area contributed by atoms with E-state index in [0.29, 0.717) is 87.7 Å². The second kappa shape index (κ2) is 14.7. The first kappa shape index (κ1) is 32.9. The van der Waals surface area contributed by atoms with Crippen molar-refractivity contribution in [1.82, 2.24) is 14.3 Å². The Morgan fingerprint density at radius 1 is 0.826 bits per heavy atom. The number of hydrogen-bond donors (Lipinski definition) is 2. The standard InChI is InChI=1S/C31H39N7O7S/c1-4-44-27-26(30(39)45-5-2)34-28(35-29(27)37-18-20-43-21-19-37)22-6-8-23(9-7-22)32-31(40)33-24-10-12-25(13-11-24)36-14-16-38(17-15-36)46(3,41)42/h6-13H,4-5,14-21H2,1-3H3,(H2,32,33,40). The van der Waals surface area contributed by atoms with Gasteiger partial charge in [-0.3, -0.25) is 0 Å². The molecule has 2 N–H and O–H groups in total. The van der Waals surface area contributed by atoms with Crippen LogP contribution < -0.4 is 25.2 Å². The van der Waals surface area contributed by atoms with Gasteiger partial charge in [-0.25, -0.2) is 28.0 Å². The molecule has 0 radical (unpaired) electrons. The number of hydrogen-bond acceptors (Lipinski definition) is 11. The van der Waals surface area contributed by atoms with E-state index in [1.165, 1.54) is 10.6 Å². The average molecular weight is 654 g/mol. The summed E-state index contributed by atoms with van der Waals surface area (Å²) in [5.41, 5.74) is 2.80. The molecule has 0 spiro atoms. The summed E-state index contributed by atoms with van der Waals surface area (Å²) in [4.78, 5) is 39.1. The molecule has 2 aliphatic heterocycles. The van der Waals surface area contributed by atoms with Crippen LogP contribution in [0.4, 0.5) is 27.7 Å². The smallest absolute Gasteiger partial charge is 0.361 e. The van der Waals surface area contributed by atoms with Crippen molar-refractivity contribution < 1.29 is 32.2 Å². The molecule has 0 saturated carbocycles. The van der Waals surface area contributed by atoms with E-state index in [4.69, 9.17) is 19.2 Å². The highest BCUT2D eigenvalue weighted by atomic mass is 32.2. The third kappa shape index (κ3) is 8.02. The zero-order valence-corrected chi connectivity index (χ0v) is 27.0. The van der Waals surface area contributed by atoms with Crippen LogP contribution in [0, 0.1) is 0 Å². The average Bonchev–Trinajstić information content (AvgIpc) is 3.06. The number of carbonyl (C=O) groups excluding carboxylic acids is 2. The number of rotatable bonds is 10. The van der Waals surface area contributed by atoms with Gasteiger partial charge >= 0.3 is 12.0 Å². The monoisotopic (exact) mass is 653 g/mol. The number of nitrogens with zero attached hydrogens (tertiary/aromatic N) is 5. The summed E-state index contributed by atoms with van der Waals surface area (Å²) in [5.74, 6) is 0.509. The molecule has 46 heavy (non-hydrogen) atoms. The minimum absolute atomic E-state index is 0.0546. The van der Waals surface area contributed by atoms with E-state index in [2.05, 4.69) is 20.5 Å². The van der Waals surface area contributed by atoms with Crippen LogP contribution in [0.2, 0.25) is 0 Å². The Hall–Kier alpha value is -4.47. The minimum Gasteiger partial charge on any atom is -0.488 e. The number of esters is 1. The second-order valence-corrected chi connectivity index (χ2v) is 12.6. The van der Waals surface area contributed by atoms with Gasteiger partial charge in [0.05, 0.1) is 32.7 Å². The lowest BCUT2D eigenvalue weighted by Crippen LogP contribution is -2.48. The van der Waals surface area contributed by atoms with Gasteiger partial charge < -0.3 is 34.6 Å². The maximum atomic E-state index is 12.9. The van der Waals surface area contributed by atoms with Gasteiger partial charge in [-0.15, -0.1) is 0 Å². The quantitative estimate of drug-likeness (QED) is 0.310. The Bertz CT molecular complexity index is 1620.